The van der Waals surface area contributed by atoms with Crippen LogP contribution in [0.2, 0.25) is 0 Å². The van der Waals surface area contributed by atoms with Gasteiger partial charge in [0.15, 0.2) is 5.82 Å². The van der Waals surface area contributed by atoms with Crippen LogP contribution < -0.4 is 0 Å². The maximum absolute atomic E-state index is 13.2. The van der Waals surface area contributed by atoms with Gasteiger partial charge in [0.2, 0.25) is 5.91 Å². The van der Waals surface area contributed by atoms with E-state index in [-0.39, 0.29) is 11.8 Å². The van der Waals surface area contributed by atoms with Crippen molar-refractivity contribution in [2.75, 3.05) is 26.2 Å². The van der Waals surface area contributed by atoms with E-state index in [0.717, 1.165) is 32.4 Å². The van der Waals surface area contributed by atoms with Crippen LogP contribution in [0.1, 0.15) is 42.5 Å². The molecule has 10 nitrogen and oxygen atoms in total. The molecule has 10 heteroatoms. The number of likely N-dealkylation sites (tertiary alicyclic amines) is 2. The summed E-state index contributed by atoms with van der Waals surface area (Å²) in [5.41, 5.74) is -0.000868. The monoisotopic (exact) mass is 370 g/mol. The molecule has 4 heterocycles. The molecule has 3 aliphatic rings. The van der Waals surface area contributed by atoms with Crippen LogP contribution in [-0.4, -0.2) is 78.2 Å². The minimum atomic E-state index is -0.415. The van der Waals surface area contributed by atoms with Crippen LogP contribution in [0.5, 0.6) is 0 Å². The molecule has 0 bridgehead atoms. The standard InChI is InChI=1S/C17H22N8O2/c26-15(13-8-18-20-14(13)25-11-19-21-22-25)24-7-5-17(10-24)4-1-6-23(16(17)27)9-12-2-3-12/h8,11-12H,1-7,9-10H2,(H,18,20)/t17-/m1/s1. The summed E-state index contributed by atoms with van der Waals surface area (Å²) in [5.74, 6) is 1.23. The molecule has 1 saturated carbocycles. The second-order valence-corrected chi connectivity index (χ2v) is 7.94. The number of H-pyrrole nitrogens is 1. The highest BCUT2D eigenvalue weighted by Gasteiger charge is 2.50. The molecule has 1 N–H and O–H groups in total. The fourth-order valence-corrected chi connectivity index (χ4v) is 4.41. The van der Waals surface area contributed by atoms with Crippen molar-refractivity contribution < 1.29 is 9.59 Å². The number of nitrogens with zero attached hydrogens (tertiary/aromatic N) is 7. The Morgan fingerprint density at radius 3 is 2.96 bits per heavy atom. The zero-order valence-electron chi connectivity index (χ0n) is 15.0. The van der Waals surface area contributed by atoms with Crippen LogP contribution in [0.3, 0.4) is 0 Å². The van der Waals surface area contributed by atoms with E-state index in [9.17, 15) is 9.59 Å². The minimum Gasteiger partial charge on any atom is -0.342 e. The number of aromatic nitrogens is 6. The Balaban J connectivity index is 1.34. The molecule has 3 fully saturated rings. The van der Waals surface area contributed by atoms with Gasteiger partial charge in [-0.25, -0.2) is 0 Å². The lowest BCUT2D eigenvalue weighted by Gasteiger charge is -2.39. The predicted octanol–water partition coefficient (Wildman–Crippen LogP) is 0.250. The first-order chi connectivity index (χ1) is 13.2. The molecule has 2 aromatic heterocycles. The van der Waals surface area contributed by atoms with Crippen LogP contribution in [0, 0.1) is 11.3 Å². The number of amides is 2. The molecule has 1 atom stereocenters. The molecule has 0 unspecified atom stereocenters. The quantitative estimate of drug-likeness (QED) is 0.825. The van der Waals surface area contributed by atoms with Gasteiger partial charge >= 0.3 is 0 Å². The number of piperidine rings is 1. The van der Waals surface area contributed by atoms with E-state index in [4.69, 9.17) is 0 Å². The molecule has 27 heavy (non-hydrogen) atoms. The zero-order chi connectivity index (χ0) is 18.4. The Morgan fingerprint density at radius 1 is 1.30 bits per heavy atom. The van der Waals surface area contributed by atoms with E-state index < -0.39 is 5.41 Å². The third-order valence-electron chi connectivity index (χ3n) is 6.07. The molecule has 2 amide bonds. The third kappa shape index (κ3) is 2.79. The lowest BCUT2D eigenvalue weighted by Crippen LogP contribution is -2.51. The average molecular weight is 370 g/mol. The van der Waals surface area contributed by atoms with E-state index in [0.29, 0.717) is 30.4 Å². The number of aromatic amines is 1. The topological polar surface area (TPSA) is 113 Å². The molecule has 1 spiro atoms. The third-order valence-corrected chi connectivity index (χ3v) is 6.07. The van der Waals surface area contributed by atoms with Crippen molar-refractivity contribution in [2.24, 2.45) is 11.3 Å². The van der Waals surface area contributed by atoms with Crippen molar-refractivity contribution in [2.45, 2.75) is 32.1 Å². The summed E-state index contributed by atoms with van der Waals surface area (Å²) in [6.45, 7) is 2.81. The largest absolute Gasteiger partial charge is 0.342 e. The maximum Gasteiger partial charge on any atom is 0.259 e. The van der Waals surface area contributed by atoms with E-state index in [2.05, 4.69) is 25.7 Å². The molecule has 2 saturated heterocycles. The van der Waals surface area contributed by atoms with Crippen LogP contribution in [0.4, 0.5) is 0 Å². The van der Waals surface area contributed by atoms with Gasteiger partial charge in [-0.1, -0.05) is 0 Å². The molecular formula is C17H22N8O2. The fraction of sp³-hybridized carbons (Fsp3) is 0.647. The maximum atomic E-state index is 13.2. The van der Waals surface area contributed by atoms with Crippen LogP contribution in [0.25, 0.3) is 5.82 Å². The summed E-state index contributed by atoms with van der Waals surface area (Å²) in [4.78, 5) is 30.1. The van der Waals surface area contributed by atoms with Crippen molar-refractivity contribution in [1.82, 2.24) is 40.2 Å². The van der Waals surface area contributed by atoms with Crippen molar-refractivity contribution in [3.8, 4) is 5.82 Å². The summed E-state index contributed by atoms with van der Waals surface area (Å²) < 4.78 is 1.38. The molecule has 0 radical (unpaired) electrons. The summed E-state index contributed by atoms with van der Waals surface area (Å²) in [5, 5.41) is 17.8. The Hall–Kier alpha value is -2.78. The number of hydrogen-bond donors (Lipinski definition) is 1. The average Bonchev–Trinajstić information content (AvgIpc) is 3.12. The highest BCUT2D eigenvalue weighted by molar-refractivity contribution is 5.98. The Morgan fingerprint density at radius 2 is 2.19 bits per heavy atom. The number of rotatable bonds is 4. The summed E-state index contributed by atoms with van der Waals surface area (Å²) in [6, 6.07) is 0. The molecule has 2 aliphatic heterocycles. The normalized spacial score (nSPS) is 25.6. The van der Waals surface area contributed by atoms with Crippen molar-refractivity contribution in [1.29, 1.82) is 0 Å². The van der Waals surface area contributed by atoms with Gasteiger partial charge in [-0.2, -0.15) is 9.78 Å². The lowest BCUT2D eigenvalue weighted by atomic mass is 9.78. The van der Waals surface area contributed by atoms with Gasteiger partial charge in [0, 0.05) is 26.2 Å². The first-order valence-corrected chi connectivity index (χ1v) is 9.52. The number of hydrogen-bond acceptors (Lipinski definition) is 6. The van der Waals surface area contributed by atoms with Crippen molar-refractivity contribution in [3.63, 3.8) is 0 Å². The molecule has 1 aliphatic carbocycles. The smallest absolute Gasteiger partial charge is 0.259 e. The van der Waals surface area contributed by atoms with Crippen LogP contribution in [0.15, 0.2) is 12.5 Å². The summed E-state index contributed by atoms with van der Waals surface area (Å²) in [7, 11) is 0. The van der Waals surface area contributed by atoms with Gasteiger partial charge in [0.05, 0.1) is 11.6 Å². The number of tetrazole rings is 1. The molecule has 5 rings (SSSR count). The predicted molar refractivity (Wildman–Crippen MR) is 92.8 cm³/mol. The second kappa shape index (κ2) is 6.14. The van der Waals surface area contributed by atoms with Crippen molar-refractivity contribution >= 4 is 11.8 Å². The van der Waals surface area contributed by atoms with E-state index in [1.165, 1.54) is 30.0 Å². The SMILES string of the molecule is O=C(c1cn[nH]c1-n1cnnn1)N1CC[C@]2(CCCN(CC3CC3)C2=O)C1. The number of carbonyl (C=O) groups is 2. The van der Waals surface area contributed by atoms with Gasteiger partial charge in [0.1, 0.15) is 11.9 Å². The van der Waals surface area contributed by atoms with E-state index in [1.54, 1.807) is 4.90 Å². The minimum absolute atomic E-state index is 0.141. The van der Waals surface area contributed by atoms with Crippen molar-refractivity contribution in [3.05, 3.63) is 18.1 Å². The van der Waals surface area contributed by atoms with Gasteiger partial charge < -0.3 is 9.80 Å². The fourth-order valence-electron chi connectivity index (χ4n) is 4.41. The van der Waals surface area contributed by atoms with E-state index in [1.807, 2.05) is 4.90 Å². The first-order valence-electron chi connectivity index (χ1n) is 9.52. The highest BCUT2D eigenvalue weighted by Crippen LogP contribution is 2.42. The Labute approximate surface area is 155 Å². The number of nitrogens with one attached hydrogen (secondary N) is 1. The molecule has 2 aromatic rings. The first kappa shape index (κ1) is 16.4. The number of carbonyl (C=O) groups excluding carboxylic acids is 2. The molecular weight excluding hydrogens is 348 g/mol. The zero-order valence-corrected chi connectivity index (χ0v) is 15.0. The molecule has 142 valence electrons. The van der Waals surface area contributed by atoms with Gasteiger partial charge in [-0.15, -0.1) is 5.10 Å². The second-order valence-electron chi connectivity index (χ2n) is 7.94. The van der Waals surface area contributed by atoms with Gasteiger partial charge in [0.25, 0.3) is 5.91 Å². The van der Waals surface area contributed by atoms with Crippen LogP contribution >= 0.6 is 0 Å². The van der Waals surface area contributed by atoms with Gasteiger partial charge in [-0.05, 0) is 48.4 Å². The molecule has 0 aromatic carbocycles. The summed E-state index contributed by atoms with van der Waals surface area (Å²) in [6.07, 6.45) is 7.99. The van der Waals surface area contributed by atoms with Crippen LogP contribution in [-0.2, 0) is 4.79 Å². The highest BCUT2D eigenvalue weighted by atomic mass is 16.2. The van der Waals surface area contributed by atoms with E-state index >= 15 is 0 Å². The Kier molecular flexibility index (Phi) is 3.73. The Bertz CT molecular complexity index is 858. The van der Waals surface area contributed by atoms with Gasteiger partial charge in [-0.3, -0.25) is 14.7 Å². The lowest BCUT2D eigenvalue weighted by molar-refractivity contribution is -0.145. The summed E-state index contributed by atoms with van der Waals surface area (Å²) >= 11 is 0.